The first kappa shape index (κ1) is 16.7. The summed E-state index contributed by atoms with van der Waals surface area (Å²) in [6.45, 7) is 6.59. The molecule has 0 saturated heterocycles. The van der Waals surface area contributed by atoms with Crippen molar-refractivity contribution in [1.29, 1.82) is 0 Å². The fourth-order valence-electron chi connectivity index (χ4n) is 1.66. The van der Waals surface area contributed by atoms with E-state index in [0.717, 1.165) is 6.42 Å². The third-order valence-corrected chi connectivity index (χ3v) is 2.83. The van der Waals surface area contributed by atoms with Crippen molar-refractivity contribution < 1.29 is 28.5 Å². The second-order valence-electron chi connectivity index (χ2n) is 4.66. The summed E-state index contributed by atoms with van der Waals surface area (Å²) in [7, 11) is 0. The molecule has 6 heteroatoms. The summed E-state index contributed by atoms with van der Waals surface area (Å²) in [5.74, 6) is -0.832. The monoisotopic (exact) mass is 286 g/mol. The Morgan fingerprint density at radius 1 is 1.25 bits per heavy atom. The van der Waals surface area contributed by atoms with Gasteiger partial charge in [-0.25, -0.2) is 0 Å². The van der Waals surface area contributed by atoms with Crippen molar-refractivity contribution in [2.24, 2.45) is 0 Å². The van der Waals surface area contributed by atoms with Crippen LogP contribution in [0.4, 0.5) is 0 Å². The SMILES string of the molecule is CC[C@@H](C)O[C@@H]1C=C[C@H](OC(C)=O)[C@@H](COC(C)=O)O1. The Morgan fingerprint density at radius 2 is 1.95 bits per heavy atom. The zero-order chi connectivity index (χ0) is 15.1. The molecule has 0 aromatic rings. The van der Waals surface area contributed by atoms with Crippen LogP contribution in [0.25, 0.3) is 0 Å². The molecular formula is C14H22O6. The first-order valence-corrected chi connectivity index (χ1v) is 6.72. The van der Waals surface area contributed by atoms with Gasteiger partial charge < -0.3 is 18.9 Å². The molecule has 0 amide bonds. The van der Waals surface area contributed by atoms with Gasteiger partial charge in [-0.05, 0) is 25.5 Å². The zero-order valence-electron chi connectivity index (χ0n) is 12.3. The lowest BCUT2D eigenvalue weighted by Crippen LogP contribution is -2.42. The highest BCUT2D eigenvalue weighted by Crippen LogP contribution is 2.19. The van der Waals surface area contributed by atoms with Crippen LogP contribution in [0.5, 0.6) is 0 Å². The minimum atomic E-state index is -0.580. The molecule has 0 unspecified atom stereocenters. The van der Waals surface area contributed by atoms with Crippen LogP contribution in [0, 0.1) is 0 Å². The smallest absolute Gasteiger partial charge is 0.303 e. The Hall–Kier alpha value is -1.40. The Balaban J connectivity index is 2.65. The largest absolute Gasteiger partial charge is 0.463 e. The predicted octanol–water partition coefficient (Wildman–Crippen LogP) is 1.58. The van der Waals surface area contributed by atoms with Gasteiger partial charge in [-0.2, -0.15) is 0 Å². The van der Waals surface area contributed by atoms with Gasteiger partial charge >= 0.3 is 11.9 Å². The summed E-state index contributed by atoms with van der Waals surface area (Å²) in [6, 6.07) is 0. The highest BCUT2D eigenvalue weighted by molar-refractivity contribution is 5.66. The van der Waals surface area contributed by atoms with E-state index < -0.39 is 30.4 Å². The second kappa shape index (κ2) is 8.01. The van der Waals surface area contributed by atoms with Gasteiger partial charge in [-0.15, -0.1) is 0 Å². The average molecular weight is 286 g/mol. The van der Waals surface area contributed by atoms with E-state index in [1.165, 1.54) is 13.8 Å². The molecule has 114 valence electrons. The second-order valence-corrected chi connectivity index (χ2v) is 4.66. The van der Waals surface area contributed by atoms with Gasteiger partial charge in [0.05, 0.1) is 6.10 Å². The van der Waals surface area contributed by atoms with E-state index in [-0.39, 0.29) is 12.7 Å². The molecule has 0 spiro atoms. The maximum absolute atomic E-state index is 11.1. The van der Waals surface area contributed by atoms with Gasteiger partial charge in [0.1, 0.15) is 18.8 Å². The first-order chi connectivity index (χ1) is 9.42. The number of esters is 2. The molecular weight excluding hydrogens is 264 g/mol. The Morgan fingerprint density at radius 3 is 2.50 bits per heavy atom. The highest BCUT2D eigenvalue weighted by atomic mass is 16.7. The van der Waals surface area contributed by atoms with Gasteiger partial charge in [-0.1, -0.05) is 6.92 Å². The third kappa shape index (κ3) is 5.71. The summed E-state index contributed by atoms with van der Waals surface area (Å²) in [5.41, 5.74) is 0. The third-order valence-electron chi connectivity index (χ3n) is 2.83. The van der Waals surface area contributed by atoms with Crippen LogP contribution in [-0.4, -0.2) is 43.1 Å². The Kier molecular flexibility index (Phi) is 6.67. The van der Waals surface area contributed by atoms with Crippen LogP contribution in [0.3, 0.4) is 0 Å². The summed E-state index contributed by atoms with van der Waals surface area (Å²) >= 11 is 0. The molecule has 1 rings (SSSR count). The summed E-state index contributed by atoms with van der Waals surface area (Å²) in [4.78, 5) is 21.9. The molecule has 0 aromatic heterocycles. The van der Waals surface area contributed by atoms with Crippen LogP contribution < -0.4 is 0 Å². The minimum Gasteiger partial charge on any atom is -0.463 e. The lowest BCUT2D eigenvalue weighted by Gasteiger charge is -2.32. The van der Waals surface area contributed by atoms with E-state index in [1.54, 1.807) is 12.2 Å². The summed E-state index contributed by atoms with van der Waals surface area (Å²) in [6.07, 6.45) is 2.62. The van der Waals surface area contributed by atoms with Gasteiger partial charge in [0.25, 0.3) is 0 Å². The van der Waals surface area contributed by atoms with Crippen LogP contribution in [0.1, 0.15) is 34.1 Å². The van der Waals surface area contributed by atoms with Crippen LogP contribution in [0.2, 0.25) is 0 Å². The van der Waals surface area contributed by atoms with E-state index in [2.05, 4.69) is 0 Å². The first-order valence-electron chi connectivity index (χ1n) is 6.72. The Labute approximate surface area is 119 Å². The molecule has 0 aliphatic carbocycles. The Bertz CT molecular complexity index is 365. The van der Waals surface area contributed by atoms with E-state index in [4.69, 9.17) is 18.9 Å². The fraction of sp³-hybridized carbons (Fsp3) is 0.714. The highest BCUT2D eigenvalue weighted by Gasteiger charge is 2.31. The van der Waals surface area contributed by atoms with Crippen molar-refractivity contribution in [3.05, 3.63) is 12.2 Å². The molecule has 0 saturated carbocycles. The maximum Gasteiger partial charge on any atom is 0.303 e. The number of rotatable bonds is 6. The molecule has 0 fully saturated rings. The van der Waals surface area contributed by atoms with Gasteiger partial charge in [0.2, 0.25) is 0 Å². The number of carbonyl (C=O) groups excluding carboxylic acids is 2. The fourth-order valence-corrected chi connectivity index (χ4v) is 1.66. The number of ether oxygens (including phenoxy) is 4. The van der Waals surface area contributed by atoms with E-state index in [9.17, 15) is 9.59 Å². The van der Waals surface area contributed by atoms with Crippen molar-refractivity contribution in [2.45, 2.75) is 58.7 Å². The lowest BCUT2D eigenvalue weighted by atomic mass is 10.1. The quantitative estimate of drug-likeness (QED) is 0.545. The lowest BCUT2D eigenvalue weighted by molar-refractivity contribution is -0.207. The van der Waals surface area contributed by atoms with E-state index in [0.29, 0.717) is 0 Å². The molecule has 6 nitrogen and oxygen atoms in total. The average Bonchev–Trinajstić information content (AvgIpc) is 2.37. The summed E-state index contributed by atoms with van der Waals surface area (Å²) < 4.78 is 21.3. The number of hydrogen-bond donors (Lipinski definition) is 0. The molecule has 0 radical (unpaired) electrons. The molecule has 4 atom stereocenters. The zero-order valence-corrected chi connectivity index (χ0v) is 12.3. The van der Waals surface area contributed by atoms with Crippen molar-refractivity contribution in [2.75, 3.05) is 6.61 Å². The van der Waals surface area contributed by atoms with Gasteiger partial charge in [0.15, 0.2) is 6.29 Å². The van der Waals surface area contributed by atoms with Crippen LogP contribution >= 0.6 is 0 Å². The number of hydrogen-bond acceptors (Lipinski definition) is 6. The molecule has 0 aromatic carbocycles. The standard InChI is InChI=1S/C14H22O6/c1-5-9(2)18-14-7-6-12(19-11(4)16)13(20-14)8-17-10(3)15/h6-7,9,12-14H,5,8H2,1-4H3/t9-,12+,13-,14+/m1/s1. The normalized spacial score (nSPS) is 26.9. The van der Waals surface area contributed by atoms with Crippen molar-refractivity contribution in [3.63, 3.8) is 0 Å². The summed E-state index contributed by atoms with van der Waals surface area (Å²) in [5, 5.41) is 0. The molecule has 1 aliphatic heterocycles. The number of carbonyl (C=O) groups is 2. The minimum absolute atomic E-state index is 0.0119. The van der Waals surface area contributed by atoms with E-state index >= 15 is 0 Å². The van der Waals surface area contributed by atoms with Gasteiger partial charge in [-0.3, -0.25) is 9.59 Å². The molecule has 1 aliphatic rings. The van der Waals surface area contributed by atoms with E-state index in [1.807, 2.05) is 13.8 Å². The maximum atomic E-state index is 11.1. The van der Waals surface area contributed by atoms with Crippen molar-refractivity contribution in [1.82, 2.24) is 0 Å². The van der Waals surface area contributed by atoms with Crippen molar-refractivity contribution >= 4 is 11.9 Å². The van der Waals surface area contributed by atoms with Gasteiger partial charge in [0, 0.05) is 13.8 Å². The van der Waals surface area contributed by atoms with Crippen molar-refractivity contribution in [3.8, 4) is 0 Å². The molecule has 20 heavy (non-hydrogen) atoms. The molecule has 0 N–H and O–H groups in total. The molecule has 1 heterocycles. The van der Waals surface area contributed by atoms with Crippen LogP contribution in [-0.2, 0) is 28.5 Å². The molecule has 0 bridgehead atoms. The van der Waals surface area contributed by atoms with Crippen LogP contribution in [0.15, 0.2) is 12.2 Å². The predicted molar refractivity (Wildman–Crippen MR) is 70.8 cm³/mol. The topological polar surface area (TPSA) is 71.1 Å².